The smallest absolute Gasteiger partial charge is 0.255 e. The van der Waals surface area contributed by atoms with Gasteiger partial charge in [0.2, 0.25) is 0 Å². The van der Waals surface area contributed by atoms with Gasteiger partial charge in [-0.2, -0.15) is 5.26 Å². The molecule has 0 spiro atoms. The molecule has 0 radical (unpaired) electrons. The van der Waals surface area contributed by atoms with Crippen LogP contribution in [0, 0.1) is 11.3 Å². The van der Waals surface area contributed by atoms with Gasteiger partial charge in [0, 0.05) is 10.0 Å². The molecule has 2 aromatic carbocycles. The largest absolute Gasteiger partial charge is 0.508 e. The second-order valence-electron chi connectivity index (χ2n) is 3.81. The van der Waals surface area contributed by atoms with E-state index < -0.39 is 0 Å². The van der Waals surface area contributed by atoms with Crippen LogP contribution in [0.15, 0.2) is 46.9 Å². The summed E-state index contributed by atoms with van der Waals surface area (Å²) >= 11 is 3.29. The summed E-state index contributed by atoms with van der Waals surface area (Å²) in [4.78, 5) is 12.0. The summed E-state index contributed by atoms with van der Waals surface area (Å²) in [6.45, 7) is 0. The molecule has 19 heavy (non-hydrogen) atoms. The molecule has 0 aromatic heterocycles. The predicted molar refractivity (Wildman–Crippen MR) is 74.9 cm³/mol. The number of anilines is 1. The molecule has 0 aliphatic rings. The van der Waals surface area contributed by atoms with Crippen LogP contribution >= 0.6 is 15.9 Å². The maximum atomic E-state index is 12.0. The van der Waals surface area contributed by atoms with Gasteiger partial charge < -0.3 is 10.4 Å². The monoisotopic (exact) mass is 316 g/mol. The molecule has 0 unspecified atom stereocenters. The van der Waals surface area contributed by atoms with Gasteiger partial charge in [-0.25, -0.2) is 0 Å². The molecule has 0 atom stereocenters. The number of rotatable bonds is 2. The van der Waals surface area contributed by atoms with Gasteiger partial charge in [0.25, 0.3) is 5.91 Å². The van der Waals surface area contributed by atoms with Crippen LogP contribution in [0.25, 0.3) is 0 Å². The van der Waals surface area contributed by atoms with Crippen LogP contribution < -0.4 is 5.32 Å². The van der Waals surface area contributed by atoms with Gasteiger partial charge in [-0.15, -0.1) is 0 Å². The van der Waals surface area contributed by atoms with E-state index in [1.54, 1.807) is 18.2 Å². The Morgan fingerprint density at radius 1 is 1.21 bits per heavy atom. The van der Waals surface area contributed by atoms with Crippen molar-refractivity contribution in [2.75, 3.05) is 5.32 Å². The number of aromatic hydroxyl groups is 1. The van der Waals surface area contributed by atoms with Gasteiger partial charge >= 0.3 is 0 Å². The summed E-state index contributed by atoms with van der Waals surface area (Å²) in [5.41, 5.74) is 1.53. The third kappa shape index (κ3) is 3.12. The number of hydrogen-bond donors (Lipinski definition) is 2. The summed E-state index contributed by atoms with van der Waals surface area (Å²) in [5, 5.41) is 20.6. The van der Waals surface area contributed by atoms with E-state index in [9.17, 15) is 4.79 Å². The number of phenolic OH excluding ortho intramolecular Hbond substituents is 1. The molecule has 0 fully saturated rings. The fraction of sp³-hybridized carbons (Fsp3) is 0. The normalized spacial score (nSPS) is 9.68. The molecule has 94 valence electrons. The standard InChI is InChI=1S/C14H9BrN2O2/c15-12-7-9(8-16)1-6-13(12)17-14(19)10-2-4-11(18)5-3-10/h1-7,18H,(H,17,19). The number of hydrogen-bond acceptors (Lipinski definition) is 3. The average molecular weight is 317 g/mol. The van der Waals surface area contributed by atoms with Crippen molar-refractivity contribution >= 4 is 27.5 Å². The van der Waals surface area contributed by atoms with E-state index in [-0.39, 0.29) is 11.7 Å². The molecule has 0 heterocycles. The molecule has 2 aromatic rings. The Labute approximate surface area is 118 Å². The zero-order valence-corrected chi connectivity index (χ0v) is 11.3. The molecule has 0 bridgehead atoms. The molecule has 0 aliphatic carbocycles. The van der Waals surface area contributed by atoms with Crippen molar-refractivity contribution in [1.82, 2.24) is 0 Å². The van der Waals surface area contributed by atoms with E-state index in [0.717, 1.165) is 0 Å². The minimum absolute atomic E-state index is 0.108. The van der Waals surface area contributed by atoms with Crippen molar-refractivity contribution in [3.63, 3.8) is 0 Å². The van der Waals surface area contributed by atoms with Gasteiger partial charge in [0.1, 0.15) is 5.75 Å². The van der Waals surface area contributed by atoms with Crippen molar-refractivity contribution < 1.29 is 9.90 Å². The highest BCUT2D eigenvalue weighted by molar-refractivity contribution is 9.10. The fourth-order valence-electron chi connectivity index (χ4n) is 1.49. The van der Waals surface area contributed by atoms with Crippen LogP contribution in [0.2, 0.25) is 0 Å². The molecule has 2 N–H and O–H groups in total. The second-order valence-corrected chi connectivity index (χ2v) is 4.66. The fourth-order valence-corrected chi connectivity index (χ4v) is 1.97. The molecule has 4 nitrogen and oxygen atoms in total. The third-order valence-electron chi connectivity index (χ3n) is 2.48. The average Bonchev–Trinajstić information content (AvgIpc) is 2.41. The van der Waals surface area contributed by atoms with E-state index in [0.29, 0.717) is 21.3 Å². The molecule has 0 aliphatic heterocycles. The number of phenols is 1. The minimum atomic E-state index is -0.287. The number of nitrogens with zero attached hydrogens (tertiary/aromatic N) is 1. The molecule has 0 saturated carbocycles. The first kappa shape index (κ1) is 13.1. The summed E-state index contributed by atoms with van der Waals surface area (Å²) in [5.74, 6) is -0.179. The van der Waals surface area contributed by atoms with E-state index in [1.165, 1.54) is 24.3 Å². The van der Waals surface area contributed by atoms with Gasteiger partial charge in [0.15, 0.2) is 0 Å². The van der Waals surface area contributed by atoms with Crippen molar-refractivity contribution in [2.45, 2.75) is 0 Å². The lowest BCUT2D eigenvalue weighted by Crippen LogP contribution is -2.12. The second kappa shape index (κ2) is 5.55. The van der Waals surface area contributed by atoms with Crippen molar-refractivity contribution in [3.8, 4) is 11.8 Å². The van der Waals surface area contributed by atoms with E-state index in [2.05, 4.69) is 21.2 Å². The number of nitriles is 1. The van der Waals surface area contributed by atoms with E-state index in [1.807, 2.05) is 6.07 Å². The van der Waals surface area contributed by atoms with E-state index in [4.69, 9.17) is 10.4 Å². The Bertz CT molecular complexity index is 660. The lowest BCUT2D eigenvalue weighted by Gasteiger charge is -2.07. The number of carbonyl (C=O) groups is 1. The number of nitrogens with one attached hydrogen (secondary N) is 1. The van der Waals surface area contributed by atoms with Crippen LogP contribution in [0.3, 0.4) is 0 Å². The zero-order chi connectivity index (χ0) is 13.8. The quantitative estimate of drug-likeness (QED) is 0.893. The maximum absolute atomic E-state index is 12.0. The van der Waals surface area contributed by atoms with Gasteiger partial charge in [0.05, 0.1) is 17.3 Å². The third-order valence-corrected chi connectivity index (χ3v) is 3.13. The predicted octanol–water partition coefficient (Wildman–Crippen LogP) is 3.28. The maximum Gasteiger partial charge on any atom is 0.255 e. The number of amides is 1. The Balaban J connectivity index is 2.20. The van der Waals surface area contributed by atoms with E-state index >= 15 is 0 Å². The topological polar surface area (TPSA) is 73.1 Å². The first-order valence-electron chi connectivity index (χ1n) is 5.40. The molecular formula is C14H9BrN2O2. The summed E-state index contributed by atoms with van der Waals surface area (Å²) in [6.07, 6.45) is 0. The molecule has 0 saturated heterocycles. The Morgan fingerprint density at radius 3 is 2.47 bits per heavy atom. The summed E-state index contributed by atoms with van der Waals surface area (Å²) in [6, 6.07) is 12.9. The van der Waals surface area contributed by atoms with Crippen molar-refractivity contribution in [1.29, 1.82) is 5.26 Å². The SMILES string of the molecule is N#Cc1ccc(NC(=O)c2ccc(O)cc2)c(Br)c1. The van der Waals surface area contributed by atoms with Crippen LogP contribution in [0.5, 0.6) is 5.75 Å². The molecule has 2 rings (SSSR count). The summed E-state index contributed by atoms with van der Waals surface area (Å²) < 4.78 is 0.638. The lowest BCUT2D eigenvalue weighted by molar-refractivity contribution is 0.102. The highest BCUT2D eigenvalue weighted by Gasteiger charge is 2.08. The highest BCUT2D eigenvalue weighted by Crippen LogP contribution is 2.24. The minimum Gasteiger partial charge on any atom is -0.508 e. The van der Waals surface area contributed by atoms with Crippen molar-refractivity contribution in [3.05, 3.63) is 58.1 Å². The Morgan fingerprint density at radius 2 is 1.89 bits per heavy atom. The van der Waals surface area contributed by atoms with Crippen LogP contribution in [-0.2, 0) is 0 Å². The highest BCUT2D eigenvalue weighted by atomic mass is 79.9. The van der Waals surface area contributed by atoms with Crippen LogP contribution in [0.1, 0.15) is 15.9 Å². The first-order valence-corrected chi connectivity index (χ1v) is 6.19. The first-order chi connectivity index (χ1) is 9.10. The number of halogens is 1. The van der Waals surface area contributed by atoms with Gasteiger partial charge in [-0.05, 0) is 58.4 Å². The summed E-state index contributed by atoms with van der Waals surface area (Å²) in [7, 11) is 0. The Hall–Kier alpha value is -2.32. The molecule has 1 amide bonds. The Kier molecular flexibility index (Phi) is 3.83. The lowest BCUT2D eigenvalue weighted by atomic mass is 10.2. The number of carbonyl (C=O) groups excluding carboxylic acids is 1. The van der Waals surface area contributed by atoms with Crippen LogP contribution in [-0.4, -0.2) is 11.0 Å². The zero-order valence-electron chi connectivity index (χ0n) is 9.72. The van der Waals surface area contributed by atoms with Gasteiger partial charge in [-0.1, -0.05) is 0 Å². The molecule has 5 heteroatoms. The van der Waals surface area contributed by atoms with Crippen LogP contribution in [0.4, 0.5) is 5.69 Å². The number of benzene rings is 2. The van der Waals surface area contributed by atoms with Gasteiger partial charge in [-0.3, -0.25) is 4.79 Å². The molecular weight excluding hydrogens is 308 g/mol. The van der Waals surface area contributed by atoms with Crippen molar-refractivity contribution in [2.24, 2.45) is 0 Å².